The summed E-state index contributed by atoms with van der Waals surface area (Å²) in [6, 6.07) is 12.2. The highest BCUT2D eigenvalue weighted by Gasteiger charge is 2.26. The minimum Gasteiger partial charge on any atom is -0.496 e. The third-order valence-corrected chi connectivity index (χ3v) is 3.96. The van der Waals surface area contributed by atoms with Crippen LogP contribution in [0.4, 0.5) is 0 Å². The fraction of sp³-hybridized carbons (Fsp3) is 0.150. The van der Waals surface area contributed by atoms with E-state index in [1.165, 1.54) is 7.11 Å². The van der Waals surface area contributed by atoms with Crippen LogP contribution in [0.25, 0.3) is 5.88 Å². The van der Waals surface area contributed by atoms with Gasteiger partial charge in [-0.05, 0) is 31.2 Å². The van der Waals surface area contributed by atoms with E-state index in [1.807, 2.05) is 6.07 Å². The normalized spacial score (nSPS) is 10.3. The van der Waals surface area contributed by atoms with Crippen LogP contribution >= 0.6 is 0 Å². The monoisotopic (exact) mass is 364 g/mol. The Hall–Kier alpha value is -3.79. The number of rotatable bonds is 6. The molecular formula is C20H16N2O5. The fourth-order valence-electron chi connectivity index (χ4n) is 2.69. The lowest BCUT2D eigenvalue weighted by Crippen LogP contribution is -2.16. The molecule has 0 fully saturated rings. The molecule has 7 heteroatoms. The number of para-hydroxylation sites is 1. The lowest BCUT2D eigenvalue weighted by molar-refractivity contribution is 0.0472. The van der Waals surface area contributed by atoms with E-state index in [4.69, 9.17) is 13.9 Å². The van der Waals surface area contributed by atoms with Crippen LogP contribution in [0.2, 0.25) is 0 Å². The van der Waals surface area contributed by atoms with E-state index in [0.29, 0.717) is 11.3 Å². The number of aromatic nitrogens is 1. The Balaban J connectivity index is 1.81. The molecule has 0 radical (unpaired) electrons. The van der Waals surface area contributed by atoms with E-state index in [9.17, 15) is 14.9 Å². The van der Waals surface area contributed by atoms with Gasteiger partial charge < -0.3 is 13.9 Å². The van der Waals surface area contributed by atoms with Gasteiger partial charge in [0.2, 0.25) is 11.7 Å². The number of aryl methyl sites for hydroxylation is 1. The van der Waals surface area contributed by atoms with Gasteiger partial charge >= 0.3 is 5.97 Å². The number of hydrogen-bond acceptors (Lipinski definition) is 6. The predicted octanol–water partition coefficient (Wildman–Crippen LogP) is 3.30. The summed E-state index contributed by atoms with van der Waals surface area (Å²) in [5.41, 5.74) is 0.373. The van der Waals surface area contributed by atoms with E-state index >= 15 is 0 Å². The molecule has 2 heterocycles. The highest BCUT2D eigenvalue weighted by atomic mass is 16.5. The van der Waals surface area contributed by atoms with Crippen LogP contribution in [0.15, 0.2) is 53.2 Å². The molecule has 27 heavy (non-hydrogen) atoms. The maximum Gasteiger partial charge on any atom is 0.343 e. The van der Waals surface area contributed by atoms with E-state index in [2.05, 4.69) is 0 Å². The summed E-state index contributed by atoms with van der Waals surface area (Å²) in [5, 5.41) is 9.47. The third kappa shape index (κ3) is 3.46. The number of nitriles is 1. The molecule has 0 saturated carbocycles. The highest BCUT2D eigenvalue weighted by Crippen LogP contribution is 2.26. The molecule has 7 nitrogen and oxygen atoms in total. The maximum atomic E-state index is 12.5. The number of Topliss-reactive ketones (excluding diaryl/α,β-unsaturated/α-hetero) is 1. The Morgan fingerprint density at radius 1 is 1.19 bits per heavy atom. The average Bonchev–Trinajstić information content (AvgIpc) is 3.33. The molecule has 136 valence electrons. The summed E-state index contributed by atoms with van der Waals surface area (Å²) in [6.07, 6.45) is 3.39. The first kappa shape index (κ1) is 18.0. The number of methoxy groups -OCH3 is 1. The topological polar surface area (TPSA) is 94.5 Å². The van der Waals surface area contributed by atoms with Crippen molar-refractivity contribution in [1.29, 1.82) is 5.26 Å². The number of furan rings is 1. The minimum atomic E-state index is -0.797. The van der Waals surface area contributed by atoms with Crippen molar-refractivity contribution in [2.24, 2.45) is 0 Å². The van der Waals surface area contributed by atoms with Gasteiger partial charge in [0.05, 0.1) is 12.7 Å². The molecule has 3 aromatic rings. The SMILES string of the molecule is COc1ccccc1C(=O)COC(=O)c1c(C)oc(-n2cccc2)c1C#N. The summed E-state index contributed by atoms with van der Waals surface area (Å²) in [7, 11) is 1.45. The maximum absolute atomic E-state index is 12.5. The van der Waals surface area contributed by atoms with Gasteiger partial charge in [-0.15, -0.1) is 0 Å². The zero-order valence-corrected chi connectivity index (χ0v) is 14.8. The van der Waals surface area contributed by atoms with Crippen molar-refractivity contribution >= 4 is 11.8 Å². The van der Waals surface area contributed by atoms with Gasteiger partial charge in [0, 0.05) is 12.4 Å². The number of ether oxygens (including phenoxy) is 2. The van der Waals surface area contributed by atoms with Crippen LogP contribution in [0.5, 0.6) is 5.75 Å². The van der Waals surface area contributed by atoms with Crippen molar-refractivity contribution in [1.82, 2.24) is 4.57 Å². The van der Waals surface area contributed by atoms with Crippen LogP contribution < -0.4 is 4.74 Å². The summed E-state index contributed by atoms with van der Waals surface area (Å²) in [4.78, 5) is 24.8. The number of carbonyl (C=O) groups excluding carboxylic acids is 2. The Morgan fingerprint density at radius 3 is 2.56 bits per heavy atom. The number of esters is 1. The number of nitrogens with zero attached hydrogens (tertiary/aromatic N) is 2. The molecule has 0 N–H and O–H groups in total. The van der Waals surface area contributed by atoms with Gasteiger partial charge in [0.15, 0.2) is 6.61 Å². The van der Waals surface area contributed by atoms with Gasteiger partial charge in [-0.2, -0.15) is 5.26 Å². The first-order valence-corrected chi connectivity index (χ1v) is 8.07. The zero-order valence-electron chi connectivity index (χ0n) is 14.8. The van der Waals surface area contributed by atoms with Crippen LogP contribution in [-0.4, -0.2) is 30.0 Å². The Morgan fingerprint density at radius 2 is 1.89 bits per heavy atom. The molecule has 2 aromatic heterocycles. The number of ketones is 1. The Kier molecular flexibility index (Phi) is 5.08. The van der Waals surface area contributed by atoms with Crippen molar-refractivity contribution < 1.29 is 23.5 Å². The second kappa shape index (κ2) is 7.62. The van der Waals surface area contributed by atoms with E-state index in [-0.39, 0.29) is 22.8 Å². The lowest BCUT2D eigenvalue weighted by Gasteiger charge is -2.08. The van der Waals surface area contributed by atoms with Gasteiger partial charge in [0.25, 0.3) is 0 Å². The number of benzene rings is 1. The standard InChI is InChI=1S/C20H16N2O5/c1-13-18(15(11-21)19(27-13)22-9-5-6-10-22)20(24)26-12-16(23)14-7-3-4-8-17(14)25-2/h3-10H,12H2,1-2H3. The quantitative estimate of drug-likeness (QED) is 0.492. The van der Waals surface area contributed by atoms with E-state index in [0.717, 1.165) is 0 Å². The molecule has 0 spiro atoms. The van der Waals surface area contributed by atoms with Crippen molar-refractivity contribution in [2.45, 2.75) is 6.92 Å². The molecule has 0 unspecified atom stereocenters. The van der Waals surface area contributed by atoms with Gasteiger partial charge in [0.1, 0.15) is 28.7 Å². The van der Waals surface area contributed by atoms with Crippen molar-refractivity contribution in [3.05, 3.63) is 71.2 Å². The minimum absolute atomic E-state index is 0.00836. The average molecular weight is 364 g/mol. The molecule has 0 aliphatic rings. The van der Waals surface area contributed by atoms with E-state index < -0.39 is 18.4 Å². The van der Waals surface area contributed by atoms with Crippen molar-refractivity contribution in [3.8, 4) is 17.7 Å². The summed E-state index contributed by atoms with van der Waals surface area (Å²) in [5.74, 6) is -0.348. The molecule has 0 saturated heterocycles. The van der Waals surface area contributed by atoms with E-state index in [1.54, 1.807) is 60.3 Å². The zero-order chi connectivity index (χ0) is 19.4. The van der Waals surface area contributed by atoms with Crippen LogP contribution in [-0.2, 0) is 4.74 Å². The molecule has 0 amide bonds. The lowest BCUT2D eigenvalue weighted by atomic mass is 10.1. The molecule has 3 rings (SSSR count). The van der Waals surface area contributed by atoms with Crippen LogP contribution in [0.1, 0.15) is 32.0 Å². The van der Waals surface area contributed by atoms with Crippen molar-refractivity contribution in [3.63, 3.8) is 0 Å². The molecular weight excluding hydrogens is 348 g/mol. The Labute approximate surface area is 155 Å². The highest BCUT2D eigenvalue weighted by molar-refractivity contribution is 6.02. The van der Waals surface area contributed by atoms with Gasteiger partial charge in [-0.3, -0.25) is 9.36 Å². The first-order chi connectivity index (χ1) is 13.1. The van der Waals surface area contributed by atoms with Gasteiger partial charge in [-0.25, -0.2) is 4.79 Å². The first-order valence-electron chi connectivity index (χ1n) is 8.07. The second-order valence-electron chi connectivity index (χ2n) is 5.62. The Bertz CT molecular complexity index is 1030. The van der Waals surface area contributed by atoms with Crippen molar-refractivity contribution in [2.75, 3.05) is 13.7 Å². The molecule has 0 aliphatic carbocycles. The summed E-state index contributed by atoms with van der Waals surface area (Å²) in [6.45, 7) is 1.08. The fourth-order valence-corrected chi connectivity index (χ4v) is 2.69. The largest absolute Gasteiger partial charge is 0.496 e. The molecule has 0 atom stereocenters. The molecule has 1 aromatic carbocycles. The smallest absolute Gasteiger partial charge is 0.343 e. The summed E-state index contributed by atoms with van der Waals surface area (Å²) < 4.78 is 17.4. The van der Waals surface area contributed by atoms with Gasteiger partial charge in [-0.1, -0.05) is 12.1 Å². The predicted molar refractivity (Wildman–Crippen MR) is 95.1 cm³/mol. The molecule has 0 aliphatic heterocycles. The number of carbonyl (C=O) groups is 2. The second-order valence-corrected chi connectivity index (χ2v) is 5.62. The number of hydrogen-bond donors (Lipinski definition) is 0. The van der Waals surface area contributed by atoms with Crippen LogP contribution in [0.3, 0.4) is 0 Å². The summed E-state index contributed by atoms with van der Waals surface area (Å²) >= 11 is 0. The third-order valence-electron chi connectivity index (χ3n) is 3.96. The van der Waals surface area contributed by atoms with Crippen LogP contribution in [0, 0.1) is 18.3 Å². The molecule has 0 bridgehead atoms.